The van der Waals surface area contributed by atoms with Crippen LogP contribution >= 0.6 is 0 Å². The minimum Gasteiger partial charge on any atom is -0.470 e. The van der Waals surface area contributed by atoms with Crippen LogP contribution in [0.2, 0.25) is 0 Å². The summed E-state index contributed by atoms with van der Waals surface area (Å²) in [7, 11) is 0. The Morgan fingerprint density at radius 3 is 2.00 bits per heavy atom. The van der Waals surface area contributed by atoms with Gasteiger partial charge in [0, 0.05) is 18.6 Å². The summed E-state index contributed by atoms with van der Waals surface area (Å²) >= 11 is 0. The number of benzene rings is 1. The molecular weight excluding hydrogens is 591 g/mol. The lowest BCUT2D eigenvalue weighted by Gasteiger charge is -2.33. The normalized spacial score (nSPS) is 13.3. The molecular formula is C20H15F13N4O3. The van der Waals surface area contributed by atoms with Crippen LogP contribution < -0.4 is 15.4 Å². The molecule has 0 radical (unpaired) electrons. The highest BCUT2D eigenvalue weighted by Gasteiger charge is 2.81. The summed E-state index contributed by atoms with van der Waals surface area (Å²) in [6, 6.07) is 1.66. The average molecular weight is 606 g/mol. The van der Waals surface area contributed by atoms with E-state index in [1.807, 2.05) is 5.32 Å². The first-order chi connectivity index (χ1) is 17.9. The number of carbonyl (C=O) groups excluding carboxylic acids is 2. The quantitative estimate of drug-likeness (QED) is 0.374. The van der Waals surface area contributed by atoms with Gasteiger partial charge in [-0.1, -0.05) is 0 Å². The number of aryl methyl sites for hydroxylation is 1. The van der Waals surface area contributed by atoms with Gasteiger partial charge >= 0.3 is 30.1 Å². The molecule has 224 valence electrons. The Bertz CT molecular complexity index is 1270. The van der Waals surface area contributed by atoms with E-state index in [0.717, 1.165) is 13.8 Å². The van der Waals surface area contributed by atoms with E-state index >= 15 is 0 Å². The number of anilines is 1. The van der Waals surface area contributed by atoms with E-state index in [9.17, 15) is 66.7 Å². The Morgan fingerprint density at radius 1 is 0.925 bits per heavy atom. The van der Waals surface area contributed by atoms with Crippen LogP contribution in [0.4, 0.5) is 62.9 Å². The largest absolute Gasteiger partial charge is 0.470 e. The van der Waals surface area contributed by atoms with Crippen molar-refractivity contribution >= 4 is 17.6 Å². The fourth-order valence-corrected chi connectivity index (χ4v) is 2.89. The molecule has 2 amide bonds. The maximum atomic E-state index is 14.7. The summed E-state index contributed by atoms with van der Waals surface area (Å²) in [5, 5.41) is 6.80. The van der Waals surface area contributed by atoms with E-state index in [2.05, 4.69) is 9.84 Å². The van der Waals surface area contributed by atoms with E-state index in [4.69, 9.17) is 0 Å². The molecule has 1 aromatic carbocycles. The zero-order valence-corrected chi connectivity index (χ0v) is 19.7. The maximum absolute atomic E-state index is 14.7. The number of halogens is 13. The van der Waals surface area contributed by atoms with E-state index in [-0.39, 0.29) is 5.56 Å². The minimum absolute atomic E-state index is 0.210. The molecule has 0 spiro atoms. The van der Waals surface area contributed by atoms with Gasteiger partial charge in [0.05, 0.1) is 0 Å². The summed E-state index contributed by atoms with van der Waals surface area (Å²) in [5.74, 6) is -25.9. The number of rotatable bonds is 9. The van der Waals surface area contributed by atoms with Crippen LogP contribution in [0.25, 0.3) is 5.69 Å². The predicted molar refractivity (Wildman–Crippen MR) is 107 cm³/mol. The molecule has 0 unspecified atom stereocenters. The molecule has 0 aliphatic carbocycles. The number of nitrogens with zero attached hydrogens (tertiary/aromatic N) is 2. The molecule has 1 aromatic heterocycles. The molecule has 0 bridgehead atoms. The molecule has 20 heteroatoms. The zero-order valence-electron chi connectivity index (χ0n) is 19.7. The van der Waals surface area contributed by atoms with Crippen molar-refractivity contribution in [2.75, 3.05) is 18.5 Å². The number of hydrogen-bond donors (Lipinski definition) is 2. The van der Waals surface area contributed by atoms with Crippen molar-refractivity contribution in [2.45, 2.75) is 44.0 Å². The van der Waals surface area contributed by atoms with Crippen LogP contribution in [-0.2, 0) is 4.79 Å². The molecule has 0 aliphatic rings. The smallest absolute Gasteiger partial charge is 0.460 e. The Hall–Kier alpha value is -3.74. The molecule has 0 saturated carbocycles. The lowest BCUT2D eigenvalue weighted by Crippen LogP contribution is -2.62. The summed E-state index contributed by atoms with van der Waals surface area (Å²) in [4.78, 5) is 23.7. The van der Waals surface area contributed by atoms with Gasteiger partial charge in [0.25, 0.3) is 5.91 Å². The van der Waals surface area contributed by atoms with E-state index in [0.29, 0.717) is 22.9 Å². The summed E-state index contributed by atoms with van der Waals surface area (Å²) in [6.07, 6.45) is -11.9. The number of nitrogens with one attached hydrogen (secondary N) is 2. The first kappa shape index (κ1) is 32.5. The van der Waals surface area contributed by atoms with Crippen molar-refractivity contribution in [2.24, 2.45) is 0 Å². The molecule has 0 fully saturated rings. The van der Waals surface area contributed by atoms with Crippen molar-refractivity contribution in [1.82, 2.24) is 15.1 Å². The highest BCUT2D eigenvalue weighted by Crippen LogP contribution is 2.53. The summed E-state index contributed by atoms with van der Waals surface area (Å²) in [6.45, 7) is -2.64. The highest BCUT2D eigenvalue weighted by molar-refractivity contribution is 5.96. The Morgan fingerprint density at radius 2 is 1.50 bits per heavy atom. The number of amides is 2. The lowest BCUT2D eigenvalue weighted by molar-refractivity contribution is -0.398. The molecule has 0 atom stereocenters. The number of aromatic nitrogens is 2. The molecule has 1 heterocycles. The van der Waals surface area contributed by atoms with Gasteiger partial charge in [0.15, 0.2) is 6.61 Å². The van der Waals surface area contributed by atoms with Crippen LogP contribution in [0.15, 0.2) is 18.2 Å². The Balaban J connectivity index is 2.48. The van der Waals surface area contributed by atoms with Gasteiger partial charge in [-0.05, 0) is 24.6 Å². The van der Waals surface area contributed by atoms with Gasteiger partial charge in [-0.15, -0.1) is 5.10 Å². The predicted octanol–water partition coefficient (Wildman–Crippen LogP) is 5.42. The number of ether oxygens (including phenoxy) is 1. The van der Waals surface area contributed by atoms with Gasteiger partial charge in [0.2, 0.25) is 11.8 Å². The first-order valence-corrected chi connectivity index (χ1v) is 10.3. The van der Waals surface area contributed by atoms with Crippen molar-refractivity contribution < 1.29 is 71.4 Å². The van der Waals surface area contributed by atoms with Crippen LogP contribution in [0.3, 0.4) is 0 Å². The second kappa shape index (κ2) is 10.7. The second-order valence-corrected chi connectivity index (χ2v) is 8.02. The molecule has 7 nitrogen and oxygen atoms in total. The van der Waals surface area contributed by atoms with E-state index in [1.54, 1.807) is 0 Å². The molecule has 2 N–H and O–H groups in total. The second-order valence-electron chi connectivity index (χ2n) is 8.02. The van der Waals surface area contributed by atoms with Crippen LogP contribution in [0.1, 0.15) is 22.8 Å². The minimum atomic E-state index is -7.19. The van der Waals surface area contributed by atoms with Crippen molar-refractivity contribution in [3.8, 4) is 11.6 Å². The number of carbonyl (C=O) groups is 2. The van der Waals surface area contributed by atoms with Crippen molar-refractivity contribution in [3.63, 3.8) is 0 Å². The van der Waals surface area contributed by atoms with Crippen molar-refractivity contribution in [3.05, 3.63) is 35.1 Å². The van der Waals surface area contributed by atoms with Crippen LogP contribution in [0.5, 0.6) is 5.88 Å². The van der Waals surface area contributed by atoms with E-state index in [1.165, 1.54) is 5.32 Å². The zero-order chi connectivity index (χ0) is 31.1. The summed E-state index contributed by atoms with van der Waals surface area (Å²) < 4.78 is 174. The third kappa shape index (κ3) is 6.69. The number of alkyl halides is 12. The molecule has 0 saturated heterocycles. The highest BCUT2D eigenvalue weighted by atomic mass is 19.4. The summed E-state index contributed by atoms with van der Waals surface area (Å²) in [5.41, 5.74) is -1.63. The molecule has 40 heavy (non-hydrogen) atoms. The first-order valence-electron chi connectivity index (χ1n) is 10.3. The van der Waals surface area contributed by atoms with Crippen LogP contribution in [-0.4, -0.2) is 64.9 Å². The average Bonchev–Trinajstić information content (AvgIpc) is 3.16. The van der Waals surface area contributed by atoms with Gasteiger partial charge in [0.1, 0.15) is 23.9 Å². The lowest BCUT2D eigenvalue weighted by atomic mass is 10.0. The van der Waals surface area contributed by atoms with E-state index < -0.39 is 83.9 Å². The van der Waals surface area contributed by atoms with Gasteiger partial charge in [-0.25, -0.2) is 9.07 Å². The fourth-order valence-electron chi connectivity index (χ4n) is 2.89. The Kier molecular flexibility index (Phi) is 8.67. The SMILES string of the molecule is CC(=O)Nc1cc(OCC(F)(F)C(F)(F)C(F)(F)C(F)(F)F)nn1-c1cc(C(=O)NCC(F)(F)F)c(C)cc1F. The van der Waals surface area contributed by atoms with Crippen molar-refractivity contribution in [1.29, 1.82) is 0 Å². The topological polar surface area (TPSA) is 85.2 Å². The number of hydrogen-bond acceptors (Lipinski definition) is 4. The van der Waals surface area contributed by atoms with Crippen LogP contribution in [0, 0.1) is 12.7 Å². The van der Waals surface area contributed by atoms with Gasteiger partial charge < -0.3 is 15.4 Å². The van der Waals surface area contributed by atoms with Gasteiger partial charge in [-0.3, -0.25) is 9.59 Å². The fraction of sp³-hybridized carbons (Fsp3) is 0.450. The molecule has 0 aliphatic heterocycles. The maximum Gasteiger partial charge on any atom is 0.460 e. The monoisotopic (exact) mass is 606 g/mol. The third-order valence-corrected chi connectivity index (χ3v) is 4.82. The third-order valence-electron chi connectivity index (χ3n) is 4.82. The van der Waals surface area contributed by atoms with Gasteiger partial charge in [-0.2, -0.15) is 52.7 Å². The Labute approximate surface area is 214 Å². The standard InChI is InChI=1S/C20H15F13N4O3/c1-8-3-11(21)12(4-10(8)15(39)34-6-17(24,25)26)37-13(35-9(2)38)5-14(36-37)40-7-16(22,23)18(27,28)19(29,30)20(31,32)33/h3-5H,6-7H2,1-2H3,(H,34,39)(H,35,38). The molecule has 2 aromatic rings. The molecule has 2 rings (SSSR count).